The number of hydrogen-bond donors (Lipinski definition) is 1. The molecule has 0 unspecified atom stereocenters. The van der Waals surface area contributed by atoms with Gasteiger partial charge in [0.25, 0.3) is 0 Å². The van der Waals surface area contributed by atoms with E-state index in [1.807, 2.05) is 24.4 Å². The molecule has 2 aromatic rings. The van der Waals surface area contributed by atoms with Crippen molar-refractivity contribution in [2.75, 3.05) is 37.6 Å². The molecule has 0 saturated carbocycles. The van der Waals surface area contributed by atoms with Gasteiger partial charge >= 0.3 is 12.1 Å². The maximum absolute atomic E-state index is 10.6. The zero-order chi connectivity index (χ0) is 25.7. The third kappa shape index (κ3) is 6.89. The fourth-order valence-electron chi connectivity index (χ4n) is 5.60. The van der Waals surface area contributed by atoms with Crippen LogP contribution < -0.4 is 4.90 Å². The van der Waals surface area contributed by atoms with Gasteiger partial charge in [-0.15, -0.1) is 0 Å². The Bertz CT molecular complexity index is 985. The van der Waals surface area contributed by atoms with E-state index in [-0.39, 0.29) is 0 Å². The Labute approximate surface area is 214 Å². The van der Waals surface area contributed by atoms with Gasteiger partial charge in [-0.25, -0.2) is 9.78 Å². The predicted octanol–water partition coefficient (Wildman–Crippen LogP) is 4.73. The van der Waals surface area contributed by atoms with Crippen molar-refractivity contribution in [3.63, 3.8) is 0 Å². The molecule has 3 aliphatic heterocycles. The van der Waals surface area contributed by atoms with Gasteiger partial charge < -0.3 is 10.0 Å². The first-order valence-corrected chi connectivity index (χ1v) is 12.8. The Balaban J connectivity index is 0.000000384. The van der Waals surface area contributed by atoms with Crippen molar-refractivity contribution in [2.45, 2.75) is 56.4 Å². The minimum Gasteiger partial charge on any atom is -0.475 e. The number of pyridine rings is 1. The molecule has 4 heterocycles. The van der Waals surface area contributed by atoms with Crippen LogP contribution in [0.15, 0.2) is 48.7 Å². The van der Waals surface area contributed by atoms with Crippen LogP contribution in [0.1, 0.15) is 31.2 Å². The second-order valence-corrected chi connectivity index (χ2v) is 10.1. The van der Waals surface area contributed by atoms with E-state index in [1.54, 1.807) is 0 Å². The number of halogens is 4. The molecule has 36 heavy (non-hydrogen) atoms. The van der Waals surface area contributed by atoms with Crippen LogP contribution in [0.2, 0.25) is 5.02 Å². The van der Waals surface area contributed by atoms with Gasteiger partial charge in [0.1, 0.15) is 5.82 Å². The smallest absolute Gasteiger partial charge is 0.475 e. The third-order valence-electron chi connectivity index (χ3n) is 7.37. The highest BCUT2D eigenvalue weighted by molar-refractivity contribution is 6.30. The number of hydrogen-bond acceptors (Lipinski definition) is 5. The van der Waals surface area contributed by atoms with Gasteiger partial charge in [0, 0.05) is 55.5 Å². The normalized spacial score (nSPS) is 23.6. The minimum atomic E-state index is -5.08. The van der Waals surface area contributed by atoms with Gasteiger partial charge in [0.15, 0.2) is 0 Å². The van der Waals surface area contributed by atoms with E-state index in [9.17, 15) is 13.2 Å². The summed E-state index contributed by atoms with van der Waals surface area (Å²) in [5, 5.41) is 7.95. The summed E-state index contributed by atoms with van der Waals surface area (Å²) in [5.41, 5.74) is 1.41. The van der Waals surface area contributed by atoms with E-state index in [1.165, 1.54) is 50.9 Å². The molecule has 1 aromatic heterocycles. The molecule has 5 rings (SSSR count). The van der Waals surface area contributed by atoms with Crippen molar-refractivity contribution in [3.8, 4) is 0 Å². The lowest BCUT2D eigenvalue weighted by Crippen LogP contribution is -2.61. The number of aromatic nitrogens is 1. The van der Waals surface area contributed by atoms with Crippen molar-refractivity contribution in [1.82, 2.24) is 14.8 Å². The first-order chi connectivity index (χ1) is 17.2. The number of aliphatic carboxylic acids is 1. The number of alkyl halides is 3. The molecule has 0 amide bonds. The Kier molecular flexibility index (Phi) is 8.74. The monoisotopic (exact) mass is 524 g/mol. The Morgan fingerprint density at radius 1 is 1.00 bits per heavy atom. The second kappa shape index (κ2) is 11.8. The van der Waals surface area contributed by atoms with Crippen molar-refractivity contribution < 1.29 is 23.1 Å². The van der Waals surface area contributed by atoms with Crippen LogP contribution >= 0.6 is 11.6 Å². The highest BCUT2D eigenvalue weighted by atomic mass is 35.5. The number of nitrogens with zero attached hydrogens (tertiary/aromatic N) is 4. The zero-order valence-electron chi connectivity index (χ0n) is 20.1. The van der Waals surface area contributed by atoms with Crippen LogP contribution in [0.25, 0.3) is 0 Å². The molecule has 1 N–H and O–H groups in total. The molecule has 196 valence electrons. The summed E-state index contributed by atoms with van der Waals surface area (Å²) in [4.78, 5) is 21.5. The van der Waals surface area contributed by atoms with Crippen molar-refractivity contribution in [2.24, 2.45) is 0 Å². The number of carbonyl (C=O) groups is 1. The van der Waals surface area contributed by atoms with Gasteiger partial charge in [-0.05, 0) is 68.5 Å². The summed E-state index contributed by atoms with van der Waals surface area (Å²) in [6.07, 6.45) is 3.16. The van der Waals surface area contributed by atoms with Crippen LogP contribution in [-0.4, -0.2) is 82.9 Å². The summed E-state index contributed by atoms with van der Waals surface area (Å²) in [5.74, 6) is -1.63. The van der Waals surface area contributed by atoms with Crippen molar-refractivity contribution in [1.29, 1.82) is 0 Å². The number of anilines is 1. The number of benzene rings is 1. The SMILES string of the molecule is Clc1ccc(C[C@H]2CN3CCC[C@H]3CN2C2CCN(c3ccccn3)CC2)cc1.O=C(O)C(F)(F)F. The first kappa shape index (κ1) is 26.7. The second-order valence-electron chi connectivity index (χ2n) is 9.68. The standard InChI is InChI=1S/C24H31ClN4.C2HF3O2/c25-20-8-6-19(7-9-20)16-23-17-28-13-3-4-22(28)18-29(23)21-10-14-27(15-11-21)24-5-1-2-12-26-24;3-2(4,5)1(6)7/h1-2,5-9,12,21-23H,3-4,10-11,13-18H2;(H,6,7)/t22-,23-;/m0./s1. The molecule has 0 radical (unpaired) electrons. The van der Waals surface area contributed by atoms with E-state index in [2.05, 4.69) is 43.9 Å². The van der Waals surface area contributed by atoms with Crippen LogP contribution in [-0.2, 0) is 11.2 Å². The number of fused-ring (bicyclic) bond motifs is 1. The van der Waals surface area contributed by atoms with E-state index in [4.69, 9.17) is 21.5 Å². The quantitative estimate of drug-likeness (QED) is 0.624. The number of rotatable bonds is 4. The van der Waals surface area contributed by atoms with Gasteiger partial charge in [0.05, 0.1) is 0 Å². The molecular weight excluding hydrogens is 493 g/mol. The molecular formula is C26H32ClF3N4O2. The number of piperidine rings is 1. The molecule has 0 bridgehead atoms. The predicted molar refractivity (Wildman–Crippen MR) is 133 cm³/mol. The summed E-state index contributed by atoms with van der Waals surface area (Å²) >= 11 is 6.11. The van der Waals surface area contributed by atoms with Gasteiger partial charge in [-0.1, -0.05) is 29.8 Å². The largest absolute Gasteiger partial charge is 0.490 e. The Hall–Kier alpha value is -2.36. The molecule has 3 saturated heterocycles. The fraction of sp³-hybridized carbons (Fsp3) is 0.538. The maximum atomic E-state index is 10.6. The topological polar surface area (TPSA) is 59.9 Å². The van der Waals surface area contributed by atoms with Crippen LogP contribution in [0.4, 0.5) is 19.0 Å². The third-order valence-corrected chi connectivity index (χ3v) is 7.62. The molecule has 0 spiro atoms. The maximum Gasteiger partial charge on any atom is 0.490 e. The highest BCUT2D eigenvalue weighted by Gasteiger charge is 2.40. The van der Waals surface area contributed by atoms with E-state index >= 15 is 0 Å². The summed E-state index contributed by atoms with van der Waals surface area (Å²) in [6.45, 7) is 5.97. The lowest BCUT2D eigenvalue weighted by molar-refractivity contribution is -0.192. The Morgan fingerprint density at radius 3 is 2.31 bits per heavy atom. The molecule has 10 heteroatoms. The van der Waals surface area contributed by atoms with Crippen LogP contribution in [0.3, 0.4) is 0 Å². The van der Waals surface area contributed by atoms with Crippen molar-refractivity contribution in [3.05, 3.63) is 59.2 Å². The van der Waals surface area contributed by atoms with Crippen LogP contribution in [0, 0.1) is 0 Å². The average Bonchev–Trinajstić information content (AvgIpc) is 3.33. The van der Waals surface area contributed by atoms with E-state index in [0.29, 0.717) is 12.1 Å². The van der Waals surface area contributed by atoms with Gasteiger partial charge in [-0.3, -0.25) is 9.80 Å². The zero-order valence-corrected chi connectivity index (χ0v) is 20.8. The lowest BCUT2D eigenvalue weighted by atomic mass is 9.94. The molecule has 6 nitrogen and oxygen atoms in total. The summed E-state index contributed by atoms with van der Waals surface area (Å²) in [7, 11) is 0. The number of piperazine rings is 1. The fourth-order valence-corrected chi connectivity index (χ4v) is 5.73. The van der Waals surface area contributed by atoms with Crippen molar-refractivity contribution >= 4 is 23.4 Å². The van der Waals surface area contributed by atoms with E-state index in [0.717, 1.165) is 36.4 Å². The lowest BCUT2D eigenvalue weighted by Gasteiger charge is -2.49. The Morgan fingerprint density at radius 2 is 1.69 bits per heavy atom. The highest BCUT2D eigenvalue weighted by Crippen LogP contribution is 2.31. The van der Waals surface area contributed by atoms with Gasteiger partial charge in [0.2, 0.25) is 0 Å². The molecule has 3 fully saturated rings. The summed E-state index contributed by atoms with van der Waals surface area (Å²) < 4.78 is 31.7. The summed E-state index contributed by atoms with van der Waals surface area (Å²) in [6, 6.07) is 16.8. The average molecular weight is 525 g/mol. The van der Waals surface area contributed by atoms with Crippen LogP contribution in [0.5, 0.6) is 0 Å². The number of carboxylic acids is 1. The molecule has 2 atom stereocenters. The van der Waals surface area contributed by atoms with E-state index < -0.39 is 12.1 Å². The minimum absolute atomic E-state index is 0.608. The molecule has 0 aliphatic carbocycles. The molecule has 1 aromatic carbocycles. The van der Waals surface area contributed by atoms with Gasteiger partial charge in [-0.2, -0.15) is 13.2 Å². The number of carboxylic acid groups (broad SMARTS) is 1. The first-order valence-electron chi connectivity index (χ1n) is 12.4. The molecule has 3 aliphatic rings.